The summed E-state index contributed by atoms with van der Waals surface area (Å²) in [6, 6.07) is 7.20. The number of halogens is 1. The number of carbonyl (C=O) groups is 2. The smallest absolute Gasteiger partial charge is 0.340 e. The molecule has 0 bridgehead atoms. The maximum absolute atomic E-state index is 13.1. The van der Waals surface area contributed by atoms with Crippen molar-refractivity contribution in [3.8, 4) is 0 Å². The fourth-order valence-electron chi connectivity index (χ4n) is 3.65. The Bertz CT molecular complexity index is 851. The van der Waals surface area contributed by atoms with E-state index in [1.807, 2.05) is 12.1 Å². The minimum absolute atomic E-state index is 0.163. The molecule has 0 saturated heterocycles. The van der Waals surface area contributed by atoms with Crippen LogP contribution in [0.1, 0.15) is 44.6 Å². The van der Waals surface area contributed by atoms with E-state index >= 15 is 0 Å². The number of esters is 1. The third-order valence-corrected chi connectivity index (χ3v) is 5.34. The van der Waals surface area contributed by atoms with Crippen molar-refractivity contribution in [1.29, 1.82) is 0 Å². The van der Waals surface area contributed by atoms with E-state index in [0.717, 1.165) is 24.8 Å². The summed E-state index contributed by atoms with van der Waals surface area (Å²) < 4.78 is 4.93. The number of rotatable bonds is 5. The van der Waals surface area contributed by atoms with Gasteiger partial charge in [-0.25, -0.2) is 4.79 Å². The molecule has 3 rings (SSSR count). The van der Waals surface area contributed by atoms with Gasteiger partial charge in [-0.1, -0.05) is 35.4 Å². The molecule has 1 aliphatic carbocycles. The molecule has 5 heteroatoms. The predicted molar refractivity (Wildman–Crippen MR) is 107 cm³/mol. The van der Waals surface area contributed by atoms with E-state index in [-0.39, 0.29) is 5.91 Å². The second-order valence-electron chi connectivity index (χ2n) is 6.88. The number of amides is 1. The molecule has 1 aliphatic heterocycles. The van der Waals surface area contributed by atoms with E-state index in [9.17, 15) is 9.59 Å². The average molecular weight is 386 g/mol. The van der Waals surface area contributed by atoms with Crippen LogP contribution in [-0.2, 0) is 14.3 Å². The van der Waals surface area contributed by atoms with Crippen molar-refractivity contribution in [1.82, 2.24) is 4.90 Å². The Balaban J connectivity index is 1.90. The van der Waals surface area contributed by atoms with Crippen molar-refractivity contribution < 1.29 is 14.3 Å². The van der Waals surface area contributed by atoms with Crippen molar-refractivity contribution >= 4 is 29.6 Å². The van der Waals surface area contributed by atoms with Gasteiger partial charge >= 0.3 is 5.97 Å². The summed E-state index contributed by atoms with van der Waals surface area (Å²) >= 11 is 6.05. The van der Waals surface area contributed by atoms with Crippen molar-refractivity contribution in [3.63, 3.8) is 0 Å². The Morgan fingerprint density at radius 3 is 2.81 bits per heavy atom. The average Bonchev–Trinajstić information content (AvgIpc) is 2.90. The molecule has 2 aliphatic rings. The van der Waals surface area contributed by atoms with Gasteiger partial charge in [0.2, 0.25) is 0 Å². The maximum Gasteiger partial charge on any atom is 0.340 e. The van der Waals surface area contributed by atoms with Crippen LogP contribution < -0.4 is 0 Å². The molecule has 4 nitrogen and oxygen atoms in total. The minimum Gasteiger partial charge on any atom is -0.465 e. The molecule has 1 heterocycles. The number of carbonyl (C=O) groups excluding carboxylic acids is 2. The molecule has 1 aromatic rings. The normalized spacial score (nSPS) is 18.9. The van der Waals surface area contributed by atoms with Crippen LogP contribution in [0.15, 0.2) is 52.8 Å². The van der Waals surface area contributed by atoms with E-state index in [1.54, 1.807) is 30.0 Å². The van der Waals surface area contributed by atoms with Crippen LogP contribution in [0.3, 0.4) is 0 Å². The lowest BCUT2D eigenvalue weighted by molar-refractivity contribution is -0.136. The topological polar surface area (TPSA) is 46.6 Å². The Hall–Kier alpha value is -2.33. The molecular weight excluding hydrogens is 362 g/mol. The highest BCUT2D eigenvalue weighted by molar-refractivity contribution is 6.30. The van der Waals surface area contributed by atoms with Crippen LogP contribution in [0.2, 0.25) is 5.02 Å². The molecule has 1 aromatic carbocycles. The van der Waals surface area contributed by atoms with E-state index in [0.29, 0.717) is 28.4 Å². The lowest BCUT2D eigenvalue weighted by atomic mass is 9.97. The maximum atomic E-state index is 13.1. The Labute approximate surface area is 165 Å². The first-order valence-corrected chi connectivity index (χ1v) is 9.65. The number of nitrogens with zero attached hydrogens (tertiary/aromatic N) is 1. The van der Waals surface area contributed by atoms with Crippen molar-refractivity contribution in [2.24, 2.45) is 0 Å². The van der Waals surface area contributed by atoms with Gasteiger partial charge in [0.1, 0.15) is 0 Å². The number of allylic oxidation sites excluding steroid dienone is 2. The molecule has 0 atom stereocenters. The molecule has 0 fully saturated rings. The zero-order valence-electron chi connectivity index (χ0n) is 15.8. The van der Waals surface area contributed by atoms with Gasteiger partial charge in [-0.2, -0.15) is 0 Å². The van der Waals surface area contributed by atoms with Gasteiger partial charge in [-0.15, -0.1) is 0 Å². The third-order valence-electron chi connectivity index (χ3n) is 5.10. The molecule has 0 saturated carbocycles. The monoisotopic (exact) mass is 385 g/mol. The highest BCUT2D eigenvalue weighted by atomic mass is 35.5. The van der Waals surface area contributed by atoms with Crippen LogP contribution in [0.4, 0.5) is 0 Å². The summed E-state index contributed by atoms with van der Waals surface area (Å²) in [7, 11) is 1.33. The Morgan fingerprint density at radius 1 is 1.33 bits per heavy atom. The Morgan fingerprint density at radius 2 is 2.15 bits per heavy atom. The molecule has 27 heavy (non-hydrogen) atoms. The summed E-state index contributed by atoms with van der Waals surface area (Å²) in [5, 5.41) is 0.580. The fraction of sp³-hybridized carbons (Fsp3) is 0.364. The van der Waals surface area contributed by atoms with Gasteiger partial charge < -0.3 is 9.64 Å². The van der Waals surface area contributed by atoms with Gasteiger partial charge in [0.05, 0.1) is 18.3 Å². The van der Waals surface area contributed by atoms with Gasteiger partial charge in [-0.05, 0) is 62.8 Å². The number of ether oxygens (including phenoxy) is 1. The number of benzene rings is 1. The molecule has 0 radical (unpaired) electrons. The molecule has 0 aromatic heterocycles. The van der Waals surface area contributed by atoms with E-state index < -0.39 is 5.97 Å². The van der Waals surface area contributed by atoms with Crippen LogP contribution in [0.5, 0.6) is 0 Å². The highest BCUT2D eigenvalue weighted by Crippen LogP contribution is 2.33. The van der Waals surface area contributed by atoms with Crippen molar-refractivity contribution in [2.75, 3.05) is 13.7 Å². The second-order valence-corrected chi connectivity index (χ2v) is 7.32. The van der Waals surface area contributed by atoms with Crippen molar-refractivity contribution in [3.05, 3.63) is 63.3 Å². The first-order chi connectivity index (χ1) is 13.0. The number of hydrogen-bond acceptors (Lipinski definition) is 3. The molecule has 0 spiro atoms. The second kappa shape index (κ2) is 8.57. The lowest BCUT2D eigenvalue weighted by Crippen LogP contribution is -2.26. The van der Waals surface area contributed by atoms with Gasteiger partial charge in [0, 0.05) is 17.3 Å². The van der Waals surface area contributed by atoms with Crippen LogP contribution >= 0.6 is 11.6 Å². The first kappa shape index (κ1) is 19.4. The largest absolute Gasteiger partial charge is 0.465 e. The van der Waals surface area contributed by atoms with Crippen LogP contribution in [-0.4, -0.2) is 30.4 Å². The highest BCUT2D eigenvalue weighted by Gasteiger charge is 2.36. The van der Waals surface area contributed by atoms with Gasteiger partial charge in [0.15, 0.2) is 0 Å². The zero-order valence-corrected chi connectivity index (χ0v) is 16.5. The lowest BCUT2D eigenvalue weighted by Gasteiger charge is -2.20. The summed E-state index contributed by atoms with van der Waals surface area (Å²) in [5.74, 6) is -0.655. The van der Waals surface area contributed by atoms with E-state index in [1.165, 1.54) is 25.5 Å². The van der Waals surface area contributed by atoms with E-state index in [4.69, 9.17) is 16.3 Å². The molecular formula is C22H24ClNO3. The zero-order chi connectivity index (χ0) is 19.4. The van der Waals surface area contributed by atoms with Gasteiger partial charge in [-0.3, -0.25) is 4.79 Å². The first-order valence-electron chi connectivity index (χ1n) is 9.28. The van der Waals surface area contributed by atoms with Crippen LogP contribution in [0.25, 0.3) is 6.08 Å². The summed E-state index contributed by atoms with van der Waals surface area (Å²) in [6.45, 7) is 2.38. The number of methoxy groups -OCH3 is 1. The summed E-state index contributed by atoms with van der Waals surface area (Å²) in [6.07, 6.45) is 9.50. The molecule has 1 amide bonds. The number of hydrogen-bond donors (Lipinski definition) is 0. The van der Waals surface area contributed by atoms with Gasteiger partial charge in [0.25, 0.3) is 5.91 Å². The Kier molecular flexibility index (Phi) is 6.17. The molecule has 142 valence electrons. The molecule has 0 unspecified atom stereocenters. The SMILES string of the molecule is COC(=O)C1=C(C)N(CCC2=CCCCC2)C(=O)C1=Cc1cccc(Cl)c1. The predicted octanol–water partition coefficient (Wildman–Crippen LogP) is 4.90. The standard InChI is InChI=1S/C22H24ClNO3/c1-15-20(22(26)27-2)19(14-17-9-6-10-18(23)13-17)21(25)24(15)12-11-16-7-4-3-5-8-16/h6-7,9-10,13-14H,3-5,8,11-12H2,1-2H3. The third kappa shape index (κ3) is 4.33. The minimum atomic E-state index is -0.492. The van der Waals surface area contributed by atoms with Crippen molar-refractivity contribution in [2.45, 2.75) is 39.0 Å². The van der Waals surface area contributed by atoms with Crippen LogP contribution in [0, 0.1) is 0 Å². The summed E-state index contributed by atoms with van der Waals surface area (Å²) in [5.41, 5.74) is 3.52. The van der Waals surface area contributed by atoms with E-state index in [2.05, 4.69) is 6.08 Å². The fourth-order valence-corrected chi connectivity index (χ4v) is 3.85. The quantitative estimate of drug-likeness (QED) is 0.411. The summed E-state index contributed by atoms with van der Waals surface area (Å²) in [4.78, 5) is 27.1. The molecule has 0 N–H and O–H groups in total.